The Morgan fingerprint density at radius 3 is 2.60 bits per heavy atom. The molecule has 1 aromatic rings. The highest BCUT2D eigenvalue weighted by molar-refractivity contribution is 6.63. The normalized spacial score (nSPS) is 9.50. The molecule has 1 rings (SSSR count). The van der Waals surface area contributed by atoms with E-state index in [1.54, 1.807) is 0 Å². The van der Waals surface area contributed by atoms with Crippen LogP contribution in [-0.2, 0) is 0 Å². The molecule has 52 valence electrons. The smallest absolute Gasteiger partial charge is 0.281 e. The monoisotopic (exact) mass is 161 g/mol. The third-order valence-electron chi connectivity index (χ3n) is 1.03. The van der Waals surface area contributed by atoms with Crippen LogP contribution in [0.3, 0.4) is 0 Å². The molecule has 1 nitrogen and oxygen atoms in total. The van der Waals surface area contributed by atoms with Crippen LogP contribution in [-0.4, -0.2) is 12.3 Å². The summed E-state index contributed by atoms with van der Waals surface area (Å²) in [6, 6.07) is 1.34. The highest BCUT2D eigenvalue weighted by Crippen LogP contribution is 2.04. The van der Waals surface area contributed by atoms with Gasteiger partial charge in [-0.25, -0.2) is 0 Å². The van der Waals surface area contributed by atoms with Crippen LogP contribution < -0.4 is 5.46 Å². The van der Waals surface area contributed by atoms with Gasteiger partial charge in [0.1, 0.15) is 0 Å². The summed E-state index contributed by atoms with van der Waals surface area (Å²) in [6.07, 6.45) is 2.43. The van der Waals surface area contributed by atoms with E-state index in [1.165, 1.54) is 12.3 Å². The summed E-state index contributed by atoms with van der Waals surface area (Å²) in [5.41, 5.74) is -0.218. The molecule has 0 radical (unpaired) electrons. The van der Waals surface area contributed by atoms with Gasteiger partial charge in [0.05, 0.1) is 0 Å². The van der Waals surface area contributed by atoms with Gasteiger partial charge in [-0.05, 0) is 6.07 Å². The van der Waals surface area contributed by atoms with Crippen molar-refractivity contribution in [2.45, 2.75) is 0 Å². The second kappa shape index (κ2) is 2.97. The van der Waals surface area contributed by atoms with Gasteiger partial charge in [0.2, 0.25) is 0 Å². The van der Waals surface area contributed by atoms with Crippen LogP contribution in [0, 0.1) is 0 Å². The van der Waals surface area contributed by atoms with Gasteiger partial charge < -0.3 is 0 Å². The molecule has 0 saturated carbocycles. The van der Waals surface area contributed by atoms with E-state index in [9.17, 15) is 8.63 Å². The molecule has 0 atom stereocenters. The Morgan fingerprint density at radius 1 is 1.50 bits per heavy atom. The number of halogens is 3. The van der Waals surface area contributed by atoms with Crippen molar-refractivity contribution < 1.29 is 8.63 Å². The van der Waals surface area contributed by atoms with Crippen molar-refractivity contribution >= 4 is 24.3 Å². The molecule has 10 heavy (non-hydrogen) atoms. The van der Waals surface area contributed by atoms with Gasteiger partial charge in [0.25, 0.3) is 0 Å². The van der Waals surface area contributed by atoms with Gasteiger partial charge in [0.15, 0.2) is 0 Å². The second-order valence-electron chi connectivity index (χ2n) is 1.70. The Kier molecular flexibility index (Phi) is 2.22. The van der Waals surface area contributed by atoms with Crippen molar-refractivity contribution in [3.05, 3.63) is 23.5 Å². The summed E-state index contributed by atoms with van der Waals surface area (Å²) in [7, 11) is -2.54. The van der Waals surface area contributed by atoms with Crippen LogP contribution >= 0.6 is 11.6 Å². The number of rotatable bonds is 1. The molecule has 0 fully saturated rings. The third-order valence-corrected chi connectivity index (χ3v) is 1.38. The summed E-state index contributed by atoms with van der Waals surface area (Å²) >= 11 is 5.40. The SMILES string of the molecule is FB(F)c1cnccc1Cl. The first-order valence-corrected chi connectivity index (χ1v) is 2.97. The Hall–Kier alpha value is -0.635. The van der Waals surface area contributed by atoms with Gasteiger partial charge in [-0.3, -0.25) is 13.6 Å². The Labute approximate surface area is 62.2 Å². The van der Waals surface area contributed by atoms with Crippen molar-refractivity contribution in [2.75, 3.05) is 0 Å². The standard InChI is InChI=1S/C5H3BClF2N/c7-5-1-2-10-3-4(5)6(8)9/h1-3H. The highest BCUT2D eigenvalue weighted by Gasteiger charge is 2.18. The van der Waals surface area contributed by atoms with E-state index in [-0.39, 0.29) is 10.5 Å². The van der Waals surface area contributed by atoms with Crippen LogP contribution in [0.25, 0.3) is 0 Å². The first kappa shape index (κ1) is 7.47. The molecule has 0 saturated heterocycles. The molecule has 0 aromatic carbocycles. The van der Waals surface area contributed by atoms with E-state index in [4.69, 9.17) is 11.6 Å². The van der Waals surface area contributed by atoms with Crippen LogP contribution in [0.5, 0.6) is 0 Å². The molecule has 0 aliphatic heterocycles. The minimum atomic E-state index is -2.54. The topological polar surface area (TPSA) is 12.9 Å². The van der Waals surface area contributed by atoms with Crippen molar-refractivity contribution in [1.29, 1.82) is 0 Å². The molecule has 0 bridgehead atoms. The quantitative estimate of drug-likeness (QED) is 0.567. The van der Waals surface area contributed by atoms with E-state index in [1.807, 2.05) is 0 Å². The lowest BCUT2D eigenvalue weighted by Gasteiger charge is -1.95. The zero-order valence-electron chi connectivity index (χ0n) is 4.89. The first-order chi connectivity index (χ1) is 4.72. The molecular formula is C5H3BClF2N. The van der Waals surface area contributed by atoms with E-state index < -0.39 is 7.27 Å². The number of aromatic nitrogens is 1. The van der Waals surface area contributed by atoms with Gasteiger partial charge in [0, 0.05) is 22.9 Å². The summed E-state index contributed by atoms with van der Waals surface area (Å²) in [5.74, 6) is 0. The van der Waals surface area contributed by atoms with Crippen LogP contribution in [0.2, 0.25) is 5.02 Å². The molecule has 0 amide bonds. The molecule has 1 aromatic heterocycles. The Bertz CT molecular complexity index is 231. The molecular weight excluding hydrogens is 158 g/mol. The van der Waals surface area contributed by atoms with Crippen molar-refractivity contribution in [2.24, 2.45) is 0 Å². The molecule has 0 aliphatic carbocycles. The number of nitrogens with zero attached hydrogens (tertiary/aromatic N) is 1. The predicted molar refractivity (Wildman–Crippen MR) is 36.9 cm³/mol. The fourth-order valence-electron chi connectivity index (χ4n) is 0.550. The number of hydrogen-bond donors (Lipinski definition) is 0. The average Bonchev–Trinajstić information content (AvgIpc) is 1.88. The van der Waals surface area contributed by atoms with Gasteiger partial charge >= 0.3 is 7.27 Å². The lowest BCUT2D eigenvalue weighted by molar-refractivity contribution is 0.684. The maximum atomic E-state index is 11.9. The molecule has 0 N–H and O–H groups in total. The van der Waals surface area contributed by atoms with Gasteiger partial charge in [-0.15, -0.1) is 0 Å². The first-order valence-electron chi connectivity index (χ1n) is 2.59. The molecule has 1 heterocycles. The lowest BCUT2D eigenvalue weighted by Crippen LogP contribution is -2.21. The summed E-state index contributed by atoms with van der Waals surface area (Å²) < 4.78 is 23.8. The molecule has 0 spiro atoms. The van der Waals surface area contributed by atoms with Gasteiger partial charge in [-0.2, -0.15) is 0 Å². The van der Waals surface area contributed by atoms with Crippen LogP contribution in [0.15, 0.2) is 18.5 Å². The average molecular weight is 161 g/mol. The minimum Gasteiger partial charge on any atom is -0.281 e. The Morgan fingerprint density at radius 2 is 2.20 bits per heavy atom. The molecule has 0 unspecified atom stereocenters. The molecule has 5 heteroatoms. The zero-order chi connectivity index (χ0) is 7.56. The predicted octanol–water partition coefficient (Wildman–Crippen LogP) is 1.37. The summed E-state index contributed by atoms with van der Waals surface area (Å²) in [5, 5.41) is 0.0602. The van der Waals surface area contributed by atoms with Crippen molar-refractivity contribution in [1.82, 2.24) is 4.98 Å². The number of hydrogen-bond acceptors (Lipinski definition) is 1. The van der Waals surface area contributed by atoms with E-state index in [2.05, 4.69) is 4.98 Å². The fraction of sp³-hybridized carbons (Fsp3) is 0. The van der Waals surface area contributed by atoms with E-state index >= 15 is 0 Å². The minimum absolute atomic E-state index is 0.0602. The van der Waals surface area contributed by atoms with Crippen molar-refractivity contribution in [3.63, 3.8) is 0 Å². The zero-order valence-corrected chi connectivity index (χ0v) is 5.65. The van der Waals surface area contributed by atoms with Crippen LogP contribution in [0.1, 0.15) is 0 Å². The second-order valence-corrected chi connectivity index (χ2v) is 2.11. The van der Waals surface area contributed by atoms with Crippen LogP contribution in [0.4, 0.5) is 8.63 Å². The largest absolute Gasteiger partial charge is 0.574 e. The maximum absolute atomic E-state index is 11.9. The Balaban J connectivity index is 3.03. The lowest BCUT2D eigenvalue weighted by atomic mass is 9.88. The number of pyridine rings is 1. The van der Waals surface area contributed by atoms with Gasteiger partial charge in [-0.1, -0.05) is 11.6 Å². The van der Waals surface area contributed by atoms with E-state index in [0.717, 1.165) is 6.20 Å². The third kappa shape index (κ3) is 1.45. The summed E-state index contributed by atoms with van der Waals surface area (Å²) in [6.45, 7) is 0. The fourth-order valence-corrected chi connectivity index (χ4v) is 0.738. The maximum Gasteiger partial charge on any atom is 0.574 e. The molecule has 0 aliphatic rings. The van der Waals surface area contributed by atoms with E-state index in [0.29, 0.717) is 0 Å². The van der Waals surface area contributed by atoms with Crippen molar-refractivity contribution in [3.8, 4) is 0 Å². The highest BCUT2D eigenvalue weighted by atomic mass is 35.5. The summed E-state index contributed by atoms with van der Waals surface area (Å²) in [4.78, 5) is 3.50.